The molecule has 0 aromatic heterocycles. The van der Waals surface area contributed by atoms with Gasteiger partial charge in [0.05, 0.1) is 19.0 Å². The fourth-order valence-corrected chi connectivity index (χ4v) is 5.03. The molecular weight excluding hydrogens is 340 g/mol. The zero-order chi connectivity index (χ0) is 18.2. The molecule has 3 rings (SSSR count). The second-order valence-corrected chi connectivity index (χ2v) is 9.60. The summed E-state index contributed by atoms with van der Waals surface area (Å²) < 4.78 is 31.0. The first kappa shape index (κ1) is 18.6. The van der Waals surface area contributed by atoms with Crippen molar-refractivity contribution in [3.63, 3.8) is 0 Å². The Morgan fingerprint density at radius 2 is 1.92 bits per heavy atom. The summed E-state index contributed by atoms with van der Waals surface area (Å²) in [6.45, 7) is 1.74. The Kier molecular flexibility index (Phi) is 5.39. The van der Waals surface area contributed by atoms with Crippen LogP contribution in [0.4, 0.5) is 0 Å². The van der Waals surface area contributed by atoms with Crippen LogP contribution in [0.3, 0.4) is 0 Å². The molecule has 1 aliphatic heterocycles. The van der Waals surface area contributed by atoms with E-state index < -0.39 is 16.1 Å². The number of hydrogen-bond acceptors (Lipinski definition) is 5. The van der Waals surface area contributed by atoms with Gasteiger partial charge < -0.3 is 9.84 Å². The molecule has 1 aromatic rings. The number of methoxy groups -OCH3 is 1. The highest BCUT2D eigenvalue weighted by Crippen LogP contribution is 2.32. The molecule has 0 bridgehead atoms. The first-order valence-corrected chi connectivity index (χ1v) is 10.4. The van der Waals surface area contributed by atoms with Crippen LogP contribution in [-0.4, -0.2) is 68.9 Å². The number of aryl methyl sites for hydroxylation is 2. The summed E-state index contributed by atoms with van der Waals surface area (Å²) in [6, 6.07) is 4.36. The lowest BCUT2D eigenvalue weighted by Crippen LogP contribution is -2.33. The average Bonchev–Trinajstić information content (AvgIpc) is 3.12. The fourth-order valence-electron chi connectivity index (χ4n) is 3.86. The molecule has 0 unspecified atom stereocenters. The summed E-state index contributed by atoms with van der Waals surface area (Å²) in [5.41, 5.74) is 3.88. The molecule has 140 valence electrons. The number of aliphatic hydroxyl groups excluding tert-OH is 1. The number of fused-ring (bicyclic) bond motifs is 1. The van der Waals surface area contributed by atoms with E-state index in [2.05, 4.69) is 17.0 Å². The molecule has 1 heterocycles. The van der Waals surface area contributed by atoms with Gasteiger partial charge in [-0.25, -0.2) is 12.7 Å². The third-order valence-electron chi connectivity index (χ3n) is 5.35. The summed E-state index contributed by atoms with van der Waals surface area (Å²) in [6.07, 6.45) is 2.79. The number of nitrogens with zero attached hydrogens (tertiary/aromatic N) is 2. The van der Waals surface area contributed by atoms with E-state index in [1.54, 1.807) is 7.11 Å². The molecule has 1 fully saturated rings. The molecule has 1 N–H and O–H groups in total. The van der Waals surface area contributed by atoms with E-state index in [0.29, 0.717) is 19.6 Å². The van der Waals surface area contributed by atoms with Gasteiger partial charge >= 0.3 is 0 Å². The van der Waals surface area contributed by atoms with Crippen molar-refractivity contribution in [1.29, 1.82) is 0 Å². The molecule has 0 spiro atoms. The van der Waals surface area contributed by atoms with Crippen LogP contribution in [0.25, 0.3) is 0 Å². The largest absolute Gasteiger partial charge is 0.496 e. The quantitative estimate of drug-likeness (QED) is 0.807. The minimum atomic E-state index is -3.31. The van der Waals surface area contributed by atoms with Gasteiger partial charge in [-0.2, -0.15) is 0 Å². The molecule has 1 aromatic carbocycles. The Hall–Kier alpha value is -1.15. The van der Waals surface area contributed by atoms with Gasteiger partial charge in [0.2, 0.25) is 10.0 Å². The average molecular weight is 368 g/mol. The van der Waals surface area contributed by atoms with Crippen LogP contribution in [-0.2, 0) is 29.4 Å². The van der Waals surface area contributed by atoms with Crippen molar-refractivity contribution >= 4 is 10.0 Å². The molecule has 2 aliphatic rings. The normalized spacial score (nSPS) is 24.0. The van der Waals surface area contributed by atoms with Crippen molar-refractivity contribution in [2.45, 2.75) is 31.9 Å². The molecule has 1 aliphatic carbocycles. The zero-order valence-electron chi connectivity index (χ0n) is 15.2. The predicted molar refractivity (Wildman–Crippen MR) is 97.3 cm³/mol. The van der Waals surface area contributed by atoms with E-state index in [9.17, 15) is 13.5 Å². The lowest BCUT2D eigenvalue weighted by molar-refractivity contribution is 0.148. The van der Waals surface area contributed by atoms with E-state index in [-0.39, 0.29) is 11.7 Å². The number of β-amino-alcohol motifs (C(OH)–C–C–N with tert-alkyl or cyclic N) is 1. The van der Waals surface area contributed by atoms with Crippen molar-refractivity contribution in [3.8, 4) is 5.75 Å². The lowest BCUT2D eigenvalue weighted by atomic mass is 10.0. The monoisotopic (exact) mass is 368 g/mol. The molecule has 6 nitrogen and oxygen atoms in total. The van der Waals surface area contributed by atoms with Crippen LogP contribution in [0, 0.1) is 5.92 Å². The summed E-state index contributed by atoms with van der Waals surface area (Å²) in [5.74, 6) is 0.617. The summed E-state index contributed by atoms with van der Waals surface area (Å²) in [7, 11) is 1.44. The van der Waals surface area contributed by atoms with Crippen LogP contribution in [0.2, 0.25) is 0 Å². The summed E-state index contributed by atoms with van der Waals surface area (Å²) in [5, 5.41) is 10.3. The number of sulfonamides is 1. The number of aliphatic hydroxyl groups is 1. The maximum Gasteiger partial charge on any atom is 0.214 e. The van der Waals surface area contributed by atoms with E-state index in [1.165, 1.54) is 35.9 Å². The van der Waals surface area contributed by atoms with Gasteiger partial charge in [0, 0.05) is 45.2 Å². The van der Waals surface area contributed by atoms with Gasteiger partial charge in [-0.1, -0.05) is 6.07 Å². The Balaban J connectivity index is 1.71. The molecule has 1 saturated heterocycles. The molecule has 2 atom stereocenters. The van der Waals surface area contributed by atoms with Crippen LogP contribution in [0.15, 0.2) is 12.1 Å². The zero-order valence-corrected chi connectivity index (χ0v) is 16.1. The van der Waals surface area contributed by atoms with E-state index >= 15 is 0 Å². The minimum absolute atomic E-state index is 0.0149. The van der Waals surface area contributed by atoms with Crippen molar-refractivity contribution in [1.82, 2.24) is 9.21 Å². The van der Waals surface area contributed by atoms with Gasteiger partial charge in [0.25, 0.3) is 0 Å². The molecular formula is C18H28N2O4S. The first-order valence-electron chi connectivity index (χ1n) is 8.79. The fraction of sp³-hybridized carbons (Fsp3) is 0.667. The van der Waals surface area contributed by atoms with Crippen LogP contribution < -0.4 is 4.74 Å². The van der Waals surface area contributed by atoms with E-state index in [0.717, 1.165) is 24.2 Å². The maximum atomic E-state index is 12.1. The standard InChI is InChI=1S/C18H28N2O4S/c1-19(2)25(22,23)12-16-10-20(11-17(16)21)9-15-7-13-5-4-6-14(13)8-18(15)24-3/h7-8,16-17,21H,4-6,9-12H2,1-3H3/t16-,17-/m0/s1. The Morgan fingerprint density at radius 3 is 2.56 bits per heavy atom. The van der Waals surface area contributed by atoms with Crippen LogP contribution in [0.5, 0.6) is 5.75 Å². The number of rotatable bonds is 6. The van der Waals surface area contributed by atoms with Gasteiger partial charge in [0.1, 0.15) is 5.75 Å². The molecule has 0 radical (unpaired) electrons. The number of benzene rings is 1. The summed E-state index contributed by atoms with van der Waals surface area (Å²) in [4.78, 5) is 2.12. The second kappa shape index (κ2) is 7.23. The third-order valence-corrected chi connectivity index (χ3v) is 7.31. The van der Waals surface area contributed by atoms with Gasteiger partial charge in [-0.05, 0) is 36.5 Å². The van der Waals surface area contributed by atoms with Crippen molar-refractivity contribution < 1.29 is 18.3 Å². The highest BCUT2D eigenvalue weighted by molar-refractivity contribution is 7.89. The highest BCUT2D eigenvalue weighted by atomic mass is 32.2. The molecule has 0 saturated carbocycles. The molecule has 7 heteroatoms. The van der Waals surface area contributed by atoms with Crippen molar-refractivity contribution in [3.05, 3.63) is 28.8 Å². The van der Waals surface area contributed by atoms with Gasteiger partial charge in [-0.3, -0.25) is 4.90 Å². The van der Waals surface area contributed by atoms with Crippen molar-refractivity contribution in [2.75, 3.05) is 40.0 Å². The third kappa shape index (κ3) is 4.00. The minimum Gasteiger partial charge on any atom is -0.496 e. The highest BCUT2D eigenvalue weighted by Gasteiger charge is 2.35. The first-order chi connectivity index (χ1) is 11.8. The summed E-state index contributed by atoms with van der Waals surface area (Å²) >= 11 is 0. The van der Waals surface area contributed by atoms with E-state index in [1.807, 2.05) is 0 Å². The van der Waals surface area contributed by atoms with E-state index in [4.69, 9.17) is 4.74 Å². The Morgan fingerprint density at radius 1 is 1.24 bits per heavy atom. The Bertz CT molecular complexity index is 733. The SMILES string of the molecule is COc1cc2c(cc1CN1C[C@@H](CS(=O)(=O)N(C)C)[C@@H](O)C1)CCC2. The molecule has 0 amide bonds. The maximum absolute atomic E-state index is 12.1. The molecule has 25 heavy (non-hydrogen) atoms. The lowest BCUT2D eigenvalue weighted by Gasteiger charge is -2.19. The number of hydrogen-bond donors (Lipinski definition) is 1. The number of ether oxygens (including phenoxy) is 1. The smallest absolute Gasteiger partial charge is 0.214 e. The van der Waals surface area contributed by atoms with Gasteiger partial charge in [0.15, 0.2) is 0 Å². The number of likely N-dealkylation sites (tertiary alicyclic amines) is 1. The Labute approximate surface area is 150 Å². The predicted octanol–water partition coefficient (Wildman–Crippen LogP) is 0.868. The van der Waals surface area contributed by atoms with Crippen LogP contribution in [0.1, 0.15) is 23.1 Å². The van der Waals surface area contributed by atoms with Gasteiger partial charge in [-0.15, -0.1) is 0 Å². The van der Waals surface area contributed by atoms with Crippen LogP contribution >= 0.6 is 0 Å². The van der Waals surface area contributed by atoms with Crippen molar-refractivity contribution in [2.24, 2.45) is 5.92 Å². The second-order valence-electron chi connectivity index (χ2n) is 7.37. The topological polar surface area (TPSA) is 70.1 Å².